The Morgan fingerprint density at radius 2 is 1.86 bits per heavy atom. The van der Waals surface area contributed by atoms with Crippen molar-refractivity contribution in [2.24, 2.45) is 0 Å². The maximum atomic E-state index is 13.1. The smallest absolute Gasteiger partial charge is 0.251 e. The van der Waals surface area contributed by atoms with E-state index in [0.29, 0.717) is 17.2 Å². The molecule has 1 aromatic carbocycles. The van der Waals surface area contributed by atoms with E-state index in [1.54, 1.807) is 36.6 Å². The number of amides is 2. The molecule has 2 aliphatic heterocycles. The number of methoxy groups -OCH3 is 2. The predicted octanol–water partition coefficient (Wildman–Crippen LogP) is 2.21. The van der Waals surface area contributed by atoms with Gasteiger partial charge in [-0.3, -0.25) is 19.4 Å². The molecule has 2 fully saturated rings. The number of ether oxygens (including phenoxy) is 2. The summed E-state index contributed by atoms with van der Waals surface area (Å²) >= 11 is 1.77. The first kappa shape index (κ1) is 19.9. The van der Waals surface area contributed by atoms with Crippen LogP contribution >= 0.6 is 11.3 Å². The van der Waals surface area contributed by atoms with Crippen LogP contribution in [-0.4, -0.2) is 68.1 Å². The van der Waals surface area contributed by atoms with E-state index in [9.17, 15) is 9.59 Å². The van der Waals surface area contributed by atoms with Crippen molar-refractivity contribution in [1.82, 2.24) is 9.80 Å². The zero-order valence-electron chi connectivity index (χ0n) is 16.7. The Morgan fingerprint density at radius 1 is 1.07 bits per heavy atom. The van der Waals surface area contributed by atoms with Gasteiger partial charge in [-0.25, -0.2) is 4.90 Å². The van der Waals surface area contributed by atoms with E-state index >= 15 is 0 Å². The fraction of sp³-hybridized carbons (Fsp3) is 0.429. The number of piperazine rings is 1. The Morgan fingerprint density at radius 3 is 2.52 bits per heavy atom. The van der Waals surface area contributed by atoms with Crippen molar-refractivity contribution in [3.05, 3.63) is 40.6 Å². The summed E-state index contributed by atoms with van der Waals surface area (Å²) in [6.07, 6.45) is 0.207. The van der Waals surface area contributed by atoms with Crippen LogP contribution in [0.5, 0.6) is 11.5 Å². The minimum atomic E-state index is -0.404. The predicted molar refractivity (Wildman–Crippen MR) is 112 cm³/mol. The topological polar surface area (TPSA) is 62.3 Å². The van der Waals surface area contributed by atoms with Crippen molar-refractivity contribution < 1.29 is 19.1 Å². The lowest BCUT2D eigenvalue weighted by molar-refractivity contribution is -0.123. The van der Waals surface area contributed by atoms with Gasteiger partial charge in [-0.1, -0.05) is 6.07 Å². The third-order valence-corrected chi connectivity index (χ3v) is 6.42. The van der Waals surface area contributed by atoms with Gasteiger partial charge in [0, 0.05) is 43.7 Å². The highest BCUT2D eigenvalue weighted by Gasteiger charge is 2.44. The summed E-state index contributed by atoms with van der Waals surface area (Å²) < 4.78 is 10.6. The van der Waals surface area contributed by atoms with Crippen LogP contribution in [0, 0.1) is 0 Å². The maximum absolute atomic E-state index is 13.1. The molecule has 2 aromatic rings. The van der Waals surface area contributed by atoms with Crippen molar-refractivity contribution in [3.63, 3.8) is 0 Å². The SMILES string of the molecule is COc1ccc(N2C(=O)C[C@@H](N3CCN(Cc4cccs4)CC3)C2=O)c(OC)c1. The molecule has 7 nitrogen and oxygen atoms in total. The van der Waals surface area contributed by atoms with E-state index in [0.717, 1.165) is 32.7 Å². The Labute approximate surface area is 174 Å². The molecule has 0 radical (unpaired) electrons. The summed E-state index contributed by atoms with van der Waals surface area (Å²) in [5.41, 5.74) is 0.474. The summed E-state index contributed by atoms with van der Waals surface area (Å²) in [5.74, 6) is 0.699. The number of carbonyl (C=O) groups is 2. The Bertz CT molecular complexity index is 878. The number of anilines is 1. The van der Waals surface area contributed by atoms with Crippen LogP contribution in [-0.2, 0) is 16.1 Å². The molecule has 0 N–H and O–H groups in total. The molecule has 3 heterocycles. The molecule has 0 unspecified atom stereocenters. The minimum Gasteiger partial charge on any atom is -0.497 e. The third-order valence-electron chi connectivity index (χ3n) is 5.56. The Balaban J connectivity index is 1.44. The molecular weight excluding hydrogens is 390 g/mol. The van der Waals surface area contributed by atoms with Gasteiger partial charge in [0.25, 0.3) is 5.91 Å². The van der Waals surface area contributed by atoms with Crippen LogP contribution in [0.4, 0.5) is 5.69 Å². The van der Waals surface area contributed by atoms with Gasteiger partial charge in [0.2, 0.25) is 5.91 Å². The molecule has 0 spiro atoms. The standard InChI is InChI=1S/C21H25N3O4S/c1-27-15-5-6-17(19(12-15)28-2)24-20(25)13-18(21(24)26)23-9-7-22(8-10-23)14-16-4-3-11-29-16/h3-6,11-12,18H,7-10,13-14H2,1-2H3/t18-/m1/s1. The number of hydrogen-bond donors (Lipinski definition) is 0. The van der Waals surface area contributed by atoms with E-state index in [4.69, 9.17) is 9.47 Å². The molecule has 154 valence electrons. The van der Waals surface area contributed by atoms with Crippen molar-refractivity contribution in [1.29, 1.82) is 0 Å². The molecule has 0 bridgehead atoms. The van der Waals surface area contributed by atoms with Gasteiger partial charge in [-0.15, -0.1) is 11.3 Å². The van der Waals surface area contributed by atoms with Gasteiger partial charge in [-0.05, 0) is 23.6 Å². The normalized spacial score (nSPS) is 21.0. The van der Waals surface area contributed by atoms with Gasteiger partial charge in [0.1, 0.15) is 11.5 Å². The van der Waals surface area contributed by atoms with Crippen LogP contribution in [0.1, 0.15) is 11.3 Å². The van der Waals surface area contributed by atoms with E-state index in [1.807, 2.05) is 0 Å². The lowest BCUT2D eigenvalue weighted by atomic mass is 10.1. The third kappa shape index (κ3) is 4.01. The second kappa shape index (κ2) is 8.52. The van der Waals surface area contributed by atoms with E-state index in [2.05, 4.69) is 27.3 Å². The summed E-state index contributed by atoms with van der Waals surface area (Å²) in [4.78, 5) is 33.0. The minimum absolute atomic E-state index is 0.176. The zero-order chi connectivity index (χ0) is 20.4. The number of thiophene rings is 1. The number of hydrogen-bond acceptors (Lipinski definition) is 7. The lowest BCUT2D eigenvalue weighted by Crippen LogP contribution is -2.52. The molecule has 0 aliphatic carbocycles. The molecule has 8 heteroatoms. The van der Waals surface area contributed by atoms with Crippen LogP contribution in [0.3, 0.4) is 0 Å². The first-order chi connectivity index (χ1) is 14.1. The molecule has 2 saturated heterocycles. The van der Waals surface area contributed by atoms with Crippen LogP contribution in [0.15, 0.2) is 35.7 Å². The molecule has 29 heavy (non-hydrogen) atoms. The lowest BCUT2D eigenvalue weighted by Gasteiger charge is -2.36. The Hall–Kier alpha value is -2.42. The zero-order valence-corrected chi connectivity index (χ0v) is 17.5. The quantitative estimate of drug-likeness (QED) is 0.675. The highest BCUT2D eigenvalue weighted by molar-refractivity contribution is 7.09. The van der Waals surface area contributed by atoms with Gasteiger partial charge in [-0.2, -0.15) is 0 Å². The summed E-state index contributed by atoms with van der Waals surface area (Å²) in [6, 6.07) is 8.94. The Kier molecular flexibility index (Phi) is 5.84. The molecule has 2 amide bonds. The van der Waals surface area contributed by atoms with E-state index in [1.165, 1.54) is 16.9 Å². The van der Waals surface area contributed by atoms with Crippen molar-refractivity contribution >= 4 is 28.8 Å². The van der Waals surface area contributed by atoms with Gasteiger partial charge < -0.3 is 9.47 Å². The number of nitrogens with zero attached hydrogens (tertiary/aromatic N) is 3. The summed E-state index contributed by atoms with van der Waals surface area (Å²) in [5, 5.41) is 2.09. The first-order valence-electron chi connectivity index (χ1n) is 9.68. The second-order valence-corrected chi connectivity index (χ2v) is 8.25. The van der Waals surface area contributed by atoms with E-state index < -0.39 is 6.04 Å². The molecule has 4 rings (SSSR count). The van der Waals surface area contributed by atoms with Crippen molar-refractivity contribution in [2.75, 3.05) is 45.3 Å². The fourth-order valence-electron chi connectivity index (χ4n) is 3.98. The second-order valence-electron chi connectivity index (χ2n) is 7.22. The van der Waals surface area contributed by atoms with Crippen LogP contribution < -0.4 is 14.4 Å². The largest absolute Gasteiger partial charge is 0.497 e. The van der Waals surface area contributed by atoms with Crippen LogP contribution in [0.2, 0.25) is 0 Å². The number of carbonyl (C=O) groups excluding carboxylic acids is 2. The average Bonchev–Trinajstić information content (AvgIpc) is 3.36. The molecule has 0 saturated carbocycles. The summed E-state index contributed by atoms with van der Waals surface area (Å²) in [6.45, 7) is 4.28. The van der Waals surface area contributed by atoms with Crippen LogP contribution in [0.25, 0.3) is 0 Å². The number of benzene rings is 1. The number of rotatable bonds is 6. The maximum Gasteiger partial charge on any atom is 0.251 e. The van der Waals surface area contributed by atoms with E-state index in [-0.39, 0.29) is 18.2 Å². The first-order valence-corrected chi connectivity index (χ1v) is 10.6. The van der Waals surface area contributed by atoms with Gasteiger partial charge >= 0.3 is 0 Å². The van der Waals surface area contributed by atoms with Gasteiger partial charge in [0.15, 0.2) is 0 Å². The molecule has 1 aromatic heterocycles. The molecule has 2 aliphatic rings. The average molecular weight is 416 g/mol. The number of imide groups is 1. The monoisotopic (exact) mass is 415 g/mol. The van der Waals surface area contributed by atoms with Crippen molar-refractivity contribution in [2.45, 2.75) is 19.0 Å². The molecule has 1 atom stereocenters. The van der Waals surface area contributed by atoms with Crippen molar-refractivity contribution in [3.8, 4) is 11.5 Å². The summed E-state index contributed by atoms with van der Waals surface area (Å²) in [7, 11) is 3.09. The molecular formula is C21H25N3O4S. The highest BCUT2D eigenvalue weighted by Crippen LogP contribution is 2.36. The highest BCUT2D eigenvalue weighted by atomic mass is 32.1. The van der Waals surface area contributed by atoms with Gasteiger partial charge in [0.05, 0.1) is 32.4 Å². The fourth-order valence-corrected chi connectivity index (χ4v) is 4.73.